The zero-order valence-electron chi connectivity index (χ0n) is 15.0. The van der Waals surface area contributed by atoms with Gasteiger partial charge in [0.05, 0.1) is 0 Å². The first kappa shape index (κ1) is 18.6. The summed E-state index contributed by atoms with van der Waals surface area (Å²) in [5.74, 6) is -1.28. The van der Waals surface area contributed by atoms with Crippen LogP contribution in [0.4, 0.5) is 5.95 Å². The Hall–Kier alpha value is -3.23. The second kappa shape index (κ2) is 8.43. The number of rotatable bonds is 5. The second-order valence-electron chi connectivity index (χ2n) is 6.24. The Labute approximate surface area is 156 Å². The molecule has 9 heteroatoms. The predicted molar refractivity (Wildman–Crippen MR) is 95.9 cm³/mol. The molecule has 142 valence electrons. The fraction of sp³-hybridized carbons (Fsp3) is 0.389. The molecule has 1 aliphatic heterocycles. The van der Waals surface area contributed by atoms with Crippen LogP contribution in [0.15, 0.2) is 36.8 Å². The molecule has 1 N–H and O–H groups in total. The van der Waals surface area contributed by atoms with Gasteiger partial charge in [0.15, 0.2) is 6.61 Å². The molecule has 2 amide bonds. The monoisotopic (exact) mass is 371 g/mol. The van der Waals surface area contributed by atoms with Gasteiger partial charge in [-0.1, -0.05) is 0 Å². The van der Waals surface area contributed by atoms with Crippen LogP contribution in [-0.2, 0) is 21.4 Å². The number of carbonyl (C=O) groups excluding carboxylic acids is 3. The first-order valence-corrected chi connectivity index (χ1v) is 8.72. The molecule has 0 bridgehead atoms. The topological polar surface area (TPSA) is 106 Å². The van der Waals surface area contributed by atoms with Crippen molar-refractivity contribution in [2.24, 2.45) is 7.05 Å². The summed E-state index contributed by atoms with van der Waals surface area (Å²) in [4.78, 5) is 46.6. The number of imide groups is 1. The summed E-state index contributed by atoms with van der Waals surface area (Å²) in [5.41, 5.74) is 0.342. The first-order valence-electron chi connectivity index (χ1n) is 8.72. The van der Waals surface area contributed by atoms with Crippen LogP contribution in [0.1, 0.15) is 29.8 Å². The van der Waals surface area contributed by atoms with E-state index in [1.807, 2.05) is 0 Å². The molecule has 2 aromatic rings. The number of nitrogens with one attached hydrogen (secondary N) is 1. The molecule has 27 heavy (non-hydrogen) atoms. The van der Waals surface area contributed by atoms with Gasteiger partial charge in [0.1, 0.15) is 11.7 Å². The van der Waals surface area contributed by atoms with Crippen molar-refractivity contribution in [1.29, 1.82) is 0 Å². The minimum Gasteiger partial charge on any atom is -0.454 e. The van der Waals surface area contributed by atoms with Gasteiger partial charge in [0.2, 0.25) is 5.95 Å². The minimum absolute atomic E-state index is 0.342. The molecule has 3 rings (SSSR count). The summed E-state index contributed by atoms with van der Waals surface area (Å²) in [6.45, 7) is 0.122. The maximum atomic E-state index is 12.5. The molecule has 9 nitrogen and oxygen atoms in total. The third kappa shape index (κ3) is 4.49. The van der Waals surface area contributed by atoms with Crippen molar-refractivity contribution in [2.45, 2.75) is 25.3 Å². The van der Waals surface area contributed by atoms with Gasteiger partial charge in [-0.15, -0.1) is 0 Å². The maximum absolute atomic E-state index is 12.5. The Kier molecular flexibility index (Phi) is 5.80. The number of hydrogen-bond acceptors (Lipinski definition) is 7. The summed E-state index contributed by atoms with van der Waals surface area (Å²) in [6, 6.07) is 4.45. The molecule has 1 fully saturated rings. The molecule has 0 radical (unpaired) electrons. The first-order chi connectivity index (χ1) is 13.1. The lowest BCUT2D eigenvalue weighted by Crippen LogP contribution is -2.47. The average Bonchev–Trinajstić information content (AvgIpc) is 3.13. The summed E-state index contributed by atoms with van der Waals surface area (Å²) < 4.78 is 6.73. The fourth-order valence-electron chi connectivity index (χ4n) is 3.01. The normalized spacial score (nSPS) is 16.6. The number of esters is 1. The van der Waals surface area contributed by atoms with Gasteiger partial charge in [0.25, 0.3) is 11.8 Å². The number of nitrogens with zero attached hydrogens (tertiary/aromatic N) is 4. The van der Waals surface area contributed by atoms with Crippen molar-refractivity contribution in [1.82, 2.24) is 19.9 Å². The highest BCUT2D eigenvalue weighted by atomic mass is 16.5. The SMILES string of the molecule is Cn1cccc1C(=O)NC(=O)COC(=O)C1CCCCN1c1ncccn1. The zero-order chi connectivity index (χ0) is 19.2. The quantitative estimate of drug-likeness (QED) is 0.770. The fourth-order valence-corrected chi connectivity index (χ4v) is 3.01. The van der Waals surface area contributed by atoms with Crippen LogP contribution >= 0.6 is 0 Å². The van der Waals surface area contributed by atoms with Gasteiger partial charge in [-0.05, 0) is 37.5 Å². The van der Waals surface area contributed by atoms with Crippen LogP contribution < -0.4 is 10.2 Å². The van der Waals surface area contributed by atoms with Crippen LogP contribution in [0.5, 0.6) is 0 Å². The lowest BCUT2D eigenvalue weighted by atomic mass is 10.0. The standard InChI is InChI=1S/C18H21N5O4/c1-22-10-4-7-13(22)16(25)21-15(24)12-27-17(26)14-6-2-3-11-23(14)18-19-8-5-9-20-18/h4-5,7-10,14H,2-3,6,11-12H2,1H3,(H,21,24,25). The number of carbonyl (C=O) groups is 3. The maximum Gasteiger partial charge on any atom is 0.329 e. The van der Waals surface area contributed by atoms with E-state index in [9.17, 15) is 14.4 Å². The van der Waals surface area contributed by atoms with E-state index < -0.39 is 30.4 Å². The third-order valence-electron chi connectivity index (χ3n) is 4.36. The van der Waals surface area contributed by atoms with E-state index in [0.29, 0.717) is 24.6 Å². The number of hydrogen-bond donors (Lipinski definition) is 1. The van der Waals surface area contributed by atoms with E-state index in [4.69, 9.17) is 4.74 Å². The number of amides is 2. The summed E-state index contributed by atoms with van der Waals surface area (Å²) >= 11 is 0. The molecule has 1 atom stereocenters. The van der Waals surface area contributed by atoms with Gasteiger partial charge in [-0.3, -0.25) is 14.9 Å². The highest BCUT2D eigenvalue weighted by molar-refractivity contribution is 6.04. The van der Waals surface area contributed by atoms with Gasteiger partial charge >= 0.3 is 5.97 Å². The largest absolute Gasteiger partial charge is 0.454 e. The number of aryl methyl sites for hydroxylation is 1. The van der Waals surface area contributed by atoms with Gasteiger partial charge in [-0.25, -0.2) is 14.8 Å². The minimum atomic E-state index is -0.673. The predicted octanol–water partition coefficient (Wildman–Crippen LogP) is 0.674. The van der Waals surface area contributed by atoms with Crippen LogP contribution in [0.3, 0.4) is 0 Å². The molecule has 0 saturated carbocycles. The summed E-state index contributed by atoms with van der Waals surface area (Å²) in [7, 11) is 1.70. The molecule has 2 aromatic heterocycles. The van der Waals surface area contributed by atoms with E-state index in [1.165, 1.54) is 0 Å². The highest BCUT2D eigenvalue weighted by Gasteiger charge is 2.32. The highest BCUT2D eigenvalue weighted by Crippen LogP contribution is 2.22. The Morgan fingerprint density at radius 1 is 1.22 bits per heavy atom. The Morgan fingerprint density at radius 2 is 2.00 bits per heavy atom. The Balaban J connectivity index is 1.55. The molecule has 1 unspecified atom stereocenters. The zero-order valence-corrected chi connectivity index (χ0v) is 15.0. The average molecular weight is 371 g/mol. The molecular weight excluding hydrogens is 350 g/mol. The van der Waals surface area contributed by atoms with Crippen LogP contribution in [0.2, 0.25) is 0 Å². The number of anilines is 1. The molecule has 3 heterocycles. The van der Waals surface area contributed by atoms with Crippen LogP contribution in [0, 0.1) is 0 Å². The second-order valence-corrected chi connectivity index (χ2v) is 6.24. The van der Waals surface area contributed by atoms with E-state index in [2.05, 4.69) is 15.3 Å². The van der Waals surface area contributed by atoms with Crippen LogP contribution in [-0.4, -0.2) is 51.5 Å². The molecular formula is C18H21N5O4. The van der Waals surface area contributed by atoms with Crippen molar-refractivity contribution in [3.63, 3.8) is 0 Å². The van der Waals surface area contributed by atoms with Gasteiger partial charge < -0.3 is 14.2 Å². The summed E-state index contributed by atoms with van der Waals surface area (Å²) in [5, 5.41) is 2.21. The van der Waals surface area contributed by atoms with E-state index in [1.54, 1.807) is 53.3 Å². The van der Waals surface area contributed by atoms with Crippen molar-refractivity contribution < 1.29 is 19.1 Å². The van der Waals surface area contributed by atoms with E-state index in [0.717, 1.165) is 12.8 Å². The number of ether oxygens (including phenoxy) is 1. The van der Waals surface area contributed by atoms with Crippen molar-refractivity contribution in [3.8, 4) is 0 Å². The molecule has 0 aromatic carbocycles. The van der Waals surface area contributed by atoms with Crippen molar-refractivity contribution in [2.75, 3.05) is 18.1 Å². The lowest BCUT2D eigenvalue weighted by molar-refractivity contribution is -0.150. The number of aromatic nitrogens is 3. The van der Waals surface area contributed by atoms with E-state index >= 15 is 0 Å². The molecule has 1 saturated heterocycles. The third-order valence-corrected chi connectivity index (χ3v) is 4.36. The molecule has 0 spiro atoms. The van der Waals surface area contributed by atoms with Crippen LogP contribution in [0.25, 0.3) is 0 Å². The van der Waals surface area contributed by atoms with E-state index in [-0.39, 0.29) is 0 Å². The lowest BCUT2D eigenvalue weighted by Gasteiger charge is -2.33. The van der Waals surface area contributed by atoms with Gasteiger partial charge in [-0.2, -0.15) is 0 Å². The summed E-state index contributed by atoms with van der Waals surface area (Å²) in [6.07, 6.45) is 7.32. The Morgan fingerprint density at radius 3 is 2.70 bits per heavy atom. The van der Waals surface area contributed by atoms with Crippen molar-refractivity contribution >= 4 is 23.7 Å². The molecule has 0 aliphatic carbocycles. The molecule has 1 aliphatic rings. The number of piperidine rings is 1. The Bertz CT molecular complexity index is 820. The van der Waals surface area contributed by atoms with Gasteiger partial charge in [0, 0.05) is 32.2 Å². The smallest absolute Gasteiger partial charge is 0.329 e. The van der Waals surface area contributed by atoms with Crippen molar-refractivity contribution in [3.05, 3.63) is 42.5 Å².